The highest BCUT2D eigenvalue weighted by Crippen LogP contribution is 2.25. The van der Waals surface area contributed by atoms with Crippen LogP contribution in [-0.2, 0) is 12.2 Å². The van der Waals surface area contributed by atoms with Crippen LogP contribution >= 0.6 is 11.8 Å². The normalized spacial score (nSPS) is 15.8. The van der Waals surface area contributed by atoms with E-state index in [1.54, 1.807) is 6.07 Å². The molecule has 2 aromatic rings. The molecule has 3 heterocycles. The Morgan fingerprint density at radius 2 is 2.36 bits per heavy atom. The van der Waals surface area contributed by atoms with Crippen LogP contribution in [0.3, 0.4) is 0 Å². The first-order valence-electron chi connectivity index (χ1n) is 4.58. The number of halogens is 1. The standard InChI is InChI=1S/C10H9FN2S/c11-7-1-2-10-12-8-3-4-14-6-9(8)13(10)5-7/h1-2,5H,3-4,6H2. The molecule has 0 atom stereocenters. The van der Waals surface area contributed by atoms with Crippen molar-refractivity contribution in [3.63, 3.8) is 0 Å². The lowest BCUT2D eigenvalue weighted by atomic mass is 10.3. The summed E-state index contributed by atoms with van der Waals surface area (Å²) in [5.41, 5.74) is 3.16. The van der Waals surface area contributed by atoms with E-state index in [1.807, 2.05) is 16.2 Å². The minimum atomic E-state index is -0.201. The predicted octanol–water partition coefficient (Wildman–Crippen LogP) is 2.26. The highest BCUT2D eigenvalue weighted by atomic mass is 32.2. The number of thioether (sulfide) groups is 1. The summed E-state index contributed by atoms with van der Waals surface area (Å²) in [6.45, 7) is 0. The van der Waals surface area contributed by atoms with Gasteiger partial charge in [-0.1, -0.05) is 0 Å². The van der Waals surface area contributed by atoms with Crippen LogP contribution in [-0.4, -0.2) is 15.1 Å². The lowest BCUT2D eigenvalue weighted by Gasteiger charge is -2.09. The maximum Gasteiger partial charge on any atom is 0.139 e. The second kappa shape index (κ2) is 2.98. The maximum absolute atomic E-state index is 13.0. The molecule has 72 valence electrons. The minimum absolute atomic E-state index is 0.201. The van der Waals surface area contributed by atoms with Crippen molar-refractivity contribution in [2.24, 2.45) is 0 Å². The molecule has 0 spiro atoms. The average molecular weight is 208 g/mol. The Hall–Kier alpha value is -1.03. The SMILES string of the molecule is Fc1ccc2nc3c(n2c1)CSCC3. The third kappa shape index (κ3) is 1.14. The van der Waals surface area contributed by atoms with Crippen LogP contribution in [0.2, 0.25) is 0 Å². The molecule has 0 bridgehead atoms. The summed E-state index contributed by atoms with van der Waals surface area (Å²) < 4.78 is 14.9. The van der Waals surface area contributed by atoms with Crippen molar-refractivity contribution in [2.75, 3.05) is 5.75 Å². The summed E-state index contributed by atoms with van der Waals surface area (Å²) >= 11 is 1.88. The van der Waals surface area contributed by atoms with Crippen molar-refractivity contribution in [1.82, 2.24) is 9.38 Å². The smallest absolute Gasteiger partial charge is 0.139 e. The number of rotatable bonds is 0. The van der Waals surface area contributed by atoms with E-state index >= 15 is 0 Å². The molecule has 2 nitrogen and oxygen atoms in total. The van der Waals surface area contributed by atoms with E-state index in [0.717, 1.165) is 35.0 Å². The van der Waals surface area contributed by atoms with E-state index in [2.05, 4.69) is 4.98 Å². The molecular weight excluding hydrogens is 199 g/mol. The summed E-state index contributed by atoms with van der Waals surface area (Å²) in [5.74, 6) is 1.87. The van der Waals surface area contributed by atoms with Gasteiger partial charge in [0, 0.05) is 18.4 Å². The molecule has 4 heteroatoms. The number of hydrogen-bond acceptors (Lipinski definition) is 2. The fraction of sp³-hybridized carbons (Fsp3) is 0.300. The molecule has 0 unspecified atom stereocenters. The third-order valence-electron chi connectivity index (χ3n) is 2.49. The zero-order valence-electron chi connectivity index (χ0n) is 7.53. The molecule has 0 aliphatic carbocycles. The highest BCUT2D eigenvalue weighted by molar-refractivity contribution is 7.98. The molecule has 3 rings (SSSR count). The second-order valence-electron chi connectivity index (χ2n) is 3.38. The number of fused-ring (bicyclic) bond motifs is 3. The van der Waals surface area contributed by atoms with Crippen molar-refractivity contribution in [1.29, 1.82) is 0 Å². The van der Waals surface area contributed by atoms with Gasteiger partial charge in [-0.15, -0.1) is 0 Å². The van der Waals surface area contributed by atoms with E-state index in [-0.39, 0.29) is 5.82 Å². The van der Waals surface area contributed by atoms with Gasteiger partial charge in [0.15, 0.2) is 0 Å². The number of aryl methyl sites for hydroxylation is 1. The Bertz CT molecular complexity index is 492. The van der Waals surface area contributed by atoms with Crippen LogP contribution in [0.5, 0.6) is 0 Å². The Morgan fingerprint density at radius 3 is 3.29 bits per heavy atom. The van der Waals surface area contributed by atoms with E-state index in [0.29, 0.717) is 0 Å². The first kappa shape index (κ1) is 8.29. The van der Waals surface area contributed by atoms with Gasteiger partial charge in [-0.05, 0) is 17.9 Å². The fourth-order valence-electron chi connectivity index (χ4n) is 1.81. The van der Waals surface area contributed by atoms with Crippen LogP contribution in [0, 0.1) is 5.82 Å². The largest absolute Gasteiger partial charge is 0.300 e. The fourth-order valence-corrected chi connectivity index (χ4v) is 2.79. The molecule has 0 fully saturated rings. The molecule has 0 saturated heterocycles. The maximum atomic E-state index is 13.0. The van der Waals surface area contributed by atoms with Gasteiger partial charge in [0.1, 0.15) is 11.5 Å². The summed E-state index contributed by atoms with van der Waals surface area (Å²) in [6.07, 6.45) is 2.52. The Kier molecular flexibility index (Phi) is 1.77. The van der Waals surface area contributed by atoms with Gasteiger partial charge in [-0.3, -0.25) is 4.40 Å². The van der Waals surface area contributed by atoms with Crippen molar-refractivity contribution >= 4 is 17.4 Å². The molecule has 0 amide bonds. The summed E-state index contributed by atoms with van der Waals surface area (Å²) in [4.78, 5) is 4.48. The second-order valence-corrected chi connectivity index (χ2v) is 4.49. The van der Waals surface area contributed by atoms with E-state index in [4.69, 9.17) is 0 Å². The van der Waals surface area contributed by atoms with Gasteiger partial charge in [0.2, 0.25) is 0 Å². The third-order valence-corrected chi connectivity index (χ3v) is 3.46. The molecule has 1 aliphatic rings. The zero-order chi connectivity index (χ0) is 9.54. The van der Waals surface area contributed by atoms with Gasteiger partial charge >= 0.3 is 0 Å². The number of pyridine rings is 1. The lowest BCUT2D eigenvalue weighted by Crippen LogP contribution is -2.03. The number of hydrogen-bond donors (Lipinski definition) is 0. The van der Waals surface area contributed by atoms with Crippen LogP contribution < -0.4 is 0 Å². The average Bonchev–Trinajstić information content (AvgIpc) is 2.56. The number of nitrogens with zero attached hydrogens (tertiary/aromatic N) is 2. The molecule has 0 aromatic carbocycles. The van der Waals surface area contributed by atoms with Crippen molar-refractivity contribution < 1.29 is 4.39 Å². The zero-order valence-corrected chi connectivity index (χ0v) is 8.35. The van der Waals surface area contributed by atoms with Crippen molar-refractivity contribution in [2.45, 2.75) is 12.2 Å². The highest BCUT2D eigenvalue weighted by Gasteiger charge is 2.16. The Balaban J connectivity index is 2.32. The minimum Gasteiger partial charge on any atom is -0.300 e. The molecule has 0 N–H and O–H groups in total. The molecule has 14 heavy (non-hydrogen) atoms. The molecule has 0 radical (unpaired) electrons. The van der Waals surface area contributed by atoms with Gasteiger partial charge in [-0.25, -0.2) is 9.37 Å². The van der Waals surface area contributed by atoms with Crippen molar-refractivity contribution in [3.05, 3.63) is 35.5 Å². The monoisotopic (exact) mass is 208 g/mol. The molecule has 2 aromatic heterocycles. The first-order valence-corrected chi connectivity index (χ1v) is 5.73. The van der Waals surface area contributed by atoms with Crippen LogP contribution in [0.25, 0.3) is 5.65 Å². The summed E-state index contributed by atoms with van der Waals surface area (Å²) in [7, 11) is 0. The van der Waals surface area contributed by atoms with Gasteiger partial charge in [0.05, 0.1) is 11.4 Å². The van der Waals surface area contributed by atoms with E-state index in [1.165, 1.54) is 12.3 Å². The summed E-state index contributed by atoms with van der Waals surface area (Å²) in [6, 6.07) is 3.19. The van der Waals surface area contributed by atoms with Crippen LogP contribution in [0.4, 0.5) is 4.39 Å². The van der Waals surface area contributed by atoms with Gasteiger partial charge < -0.3 is 0 Å². The lowest BCUT2D eigenvalue weighted by molar-refractivity contribution is 0.618. The Labute approximate surface area is 85.1 Å². The van der Waals surface area contributed by atoms with E-state index < -0.39 is 0 Å². The quantitative estimate of drug-likeness (QED) is 0.660. The molecule has 0 saturated carbocycles. The summed E-state index contributed by atoms with van der Waals surface area (Å²) in [5, 5.41) is 0. The van der Waals surface area contributed by atoms with Crippen LogP contribution in [0.15, 0.2) is 18.3 Å². The topological polar surface area (TPSA) is 17.3 Å². The Morgan fingerprint density at radius 1 is 1.43 bits per heavy atom. The first-order chi connectivity index (χ1) is 6.84. The van der Waals surface area contributed by atoms with E-state index in [9.17, 15) is 4.39 Å². The number of aromatic nitrogens is 2. The van der Waals surface area contributed by atoms with Crippen molar-refractivity contribution in [3.8, 4) is 0 Å². The van der Waals surface area contributed by atoms with Gasteiger partial charge in [0.25, 0.3) is 0 Å². The van der Waals surface area contributed by atoms with Gasteiger partial charge in [-0.2, -0.15) is 11.8 Å². The number of imidazole rings is 1. The van der Waals surface area contributed by atoms with Crippen LogP contribution in [0.1, 0.15) is 11.4 Å². The molecular formula is C10H9FN2S. The predicted molar refractivity (Wildman–Crippen MR) is 55.0 cm³/mol. The molecule has 1 aliphatic heterocycles.